The number of nitrogens with two attached hydrogens (primary N) is 1. The Kier molecular flexibility index (Phi) is 2.97. The van der Waals surface area contributed by atoms with Crippen molar-refractivity contribution < 1.29 is 9.31 Å². The number of nitro groups is 1. The van der Waals surface area contributed by atoms with E-state index in [1.54, 1.807) is 4.90 Å². The number of benzene rings is 1. The average molecular weight is 239 g/mol. The molecule has 6 heteroatoms. The van der Waals surface area contributed by atoms with Crippen molar-refractivity contribution in [2.45, 2.75) is 25.4 Å². The first kappa shape index (κ1) is 11.8. The van der Waals surface area contributed by atoms with Crippen LogP contribution in [0.25, 0.3) is 0 Å². The quantitative estimate of drug-likeness (QED) is 0.629. The highest BCUT2D eigenvalue weighted by Crippen LogP contribution is 2.35. The summed E-state index contributed by atoms with van der Waals surface area (Å²) in [4.78, 5) is 12.0. The second-order valence-corrected chi connectivity index (χ2v) is 4.25. The summed E-state index contributed by atoms with van der Waals surface area (Å²) in [6, 6.07) is 3.73. The van der Waals surface area contributed by atoms with Crippen molar-refractivity contribution in [3.63, 3.8) is 0 Å². The second-order valence-electron chi connectivity index (χ2n) is 4.25. The Hall–Kier alpha value is -1.69. The third-order valence-corrected chi connectivity index (χ3v) is 3.26. The topological polar surface area (TPSA) is 72.4 Å². The van der Waals surface area contributed by atoms with Crippen LogP contribution in [-0.2, 0) is 0 Å². The Morgan fingerprint density at radius 2 is 2.29 bits per heavy atom. The Labute approximate surface area is 98.2 Å². The zero-order chi connectivity index (χ0) is 12.6. The summed E-state index contributed by atoms with van der Waals surface area (Å²) < 4.78 is 13.8. The van der Waals surface area contributed by atoms with E-state index in [0.29, 0.717) is 13.0 Å². The van der Waals surface area contributed by atoms with Gasteiger partial charge in [-0.2, -0.15) is 0 Å². The van der Waals surface area contributed by atoms with Crippen LogP contribution in [0, 0.1) is 15.9 Å². The molecule has 0 aromatic heterocycles. The predicted octanol–water partition coefficient (Wildman–Crippen LogP) is 1.66. The summed E-state index contributed by atoms with van der Waals surface area (Å²) in [6.07, 6.45) is 0.715. The fraction of sp³-hybridized carbons (Fsp3) is 0.455. The molecule has 1 heterocycles. The fourth-order valence-electron chi connectivity index (χ4n) is 2.22. The molecule has 0 radical (unpaired) electrons. The Bertz CT molecular complexity index is 452. The molecule has 0 saturated carbocycles. The molecule has 0 amide bonds. The standard InChI is InChI=1S/C11H14FN3O2/c1-7-9(13)5-6-14(7)11-8(12)3-2-4-10(11)15(16)17/h2-4,7,9H,5-6,13H2,1H3. The molecular formula is C11H14FN3O2. The molecule has 2 rings (SSSR count). The number of anilines is 1. The van der Waals surface area contributed by atoms with Crippen LogP contribution in [0.5, 0.6) is 0 Å². The van der Waals surface area contributed by atoms with Gasteiger partial charge in [0, 0.05) is 24.7 Å². The van der Waals surface area contributed by atoms with Crippen molar-refractivity contribution in [3.05, 3.63) is 34.1 Å². The summed E-state index contributed by atoms with van der Waals surface area (Å²) in [5.74, 6) is -0.569. The van der Waals surface area contributed by atoms with E-state index >= 15 is 0 Å². The molecule has 2 unspecified atom stereocenters. The number of nitrogens with zero attached hydrogens (tertiary/aromatic N) is 2. The number of para-hydroxylation sites is 1. The summed E-state index contributed by atoms with van der Waals surface area (Å²) in [5.41, 5.74) is 5.70. The minimum Gasteiger partial charge on any atom is -0.359 e. The lowest BCUT2D eigenvalue weighted by atomic mass is 10.1. The van der Waals surface area contributed by atoms with Gasteiger partial charge in [-0.15, -0.1) is 0 Å². The molecule has 5 nitrogen and oxygen atoms in total. The zero-order valence-corrected chi connectivity index (χ0v) is 9.47. The van der Waals surface area contributed by atoms with Crippen molar-refractivity contribution >= 4 is 11.4 Å². The third kappa shape index (κ3) is 1.95. The van der Waals surface area contributed by atoms with Crippen molar-refractivity contribution in [3.8, 4) is 0 Å². The van der Waals surface area contributed by atoms with Gasteiger partial charge in [-0.1, -0.05) is 6.07 Å². The summed E-state index contributed by atoms with van der Waals surface area (Å²) in [6.45, 7) is 2.40. The molecule has 0 spiro atoms. The Morgan fingerprint density at radius 3 is 2.82 bits per heavy atom. The van der Waals surface area contributed by atoms with E-state index in [9.17, 15) is 14.5 Å². The van der Waals surface area contributed by atoms with Crippen LogP contribution in [0.3, 0.4) is 0 Å². The highest BCUT2D eigenvalue weighted by molar-refractivity contribution is 5.65. The van der Waals surface area contributed by atoms with E-state index in [2.05, 4.69) is 0 Å². The van der Waals surface area contributed by atoms with E-state index < -0.39 is 10.7 Å². The SMILES string of the molecule is CC1C(N)CCN1c1c(F)cccc1[N+](=O)[O-]. The first-order chi connectivity index (χ1) is 8.02. The van der Waals surface area contributed by atoms with Gasteiger partial charge in [-0.05, 0) is 19.4 Å². The maximum atomic E-state index is 13.8. The third-order valence-electron chi connectivity index (χ3n) is 3.26. The van der Waals surface area contributed by atoms with E-state index in [1.165, 1.54) is 18.2 Å². The second kappa shape index (κ2) is 4.29. The van der Waals surface area contributed by atoms with Gasteiger partial charge >= 0.3 is 0 Å². The van der Waals surface area contributed by atoms with Crippen LogP contribution in [0.2, 0.25) is 0 Å². The number of hydrogen-bond acceptors (Lipinski definition) is 4. The lowest BCUT2D eigenvalue weighted by Gasteiger charge is -2.25. The molecule has 1 aliphatic heterocycles. The lowest BCUT2D eigenvalue weighted by Crippen LogP contribution is -2.37. The van der Waals surface area contributed by atoms with Crippen molar-refractivity contribution in [1.82, 2.24) is 0 Å². The van der Waals surface area contributed by atoms with Gasteiger partial charge in [0.2, 0.25) is 0 Å². The molecule has 1 fully saturated rings. The molecule has 2 atom stereocenters. The lowest BCUT2D eigenvalue weighted by molar-refractivity contribution is -0.384. The number of halogens is 1. The number of nitro benzene ring substituents is 1. The van der Waals surface area contributed by atoms with Gasteiger partial charge in [0.05, 0.1) is 4.92 Å². The van der Waals surface area contributed by atoms with E-state index in [0.717, 1.165) is 0 Å². The molecule has 2 N–H and O–H groups in total. The molecule has 1 aromatic rings. The maximum Gasteiger partial charge on any atom is 0.295 e. The molecular weight excluding hydrogens is 225 g/mol. The van der Waals surface area contributed by atoms with Crippen molar-refractivity contribution in [2.24, 2.45) is 5.73 Å². The van der Waals surface area contributed by atoms with Crippen molar-refractivity contribution in [1.29, 1.82) is 0 Å². The molecule has 1 saturated heterocycles. The first-order valence-corrected chi connectivity index (χ1v) is 5.47. The van der Waals surface area contributed by atoms with E-state index in [4.69, 9.17) is 5.73 Å². The normalized spacial score (nSPS) is 24.1. The summed E-state index contributed by atoms with van der Waals surface area (Å²) in [5, 5.41) is 10.9. The number of rotatable bonds is 2. The van der Waals surface area contributed by atoms with Crippen LogP contribution in [0.15, 0.2) is 18.2 Å². The molecule has 17 heavy (non-hydrogen) atoms. The van der Waals surface area contributed by atoms with Gasteiger partial charge in [-0.3, -0.25) is 10.1 Å². The Balaban J connectivity index is 2.47. The van der Waals surface area contributed by atoms with Crippen LogP contribution in [-0.4, -0.2) is 23.6 Å². The molecule has 0 bridgehead atoms. The average Bonchev–Trinajstić information content (AvgIpc) is 2.60. The first-order valence-electron chi connectivity index (χ1n) is 5.47. The number of hydrogen-bond donors (Lipinski definition) is 1. The molecule has 1 aliphatic rings. The van der Waals surface area contributed by atoms with Gasteiger partial charge in [0.15, 0.2) is 11.5 Å². The van der Waals surface area contributed by atoms with Crippen LogP contribution < -0.4 is 10.6 Å². The van der Waals surface area contributed by atoms with Gasteiger partial charge in [0.1, 0.15) is 0 Å². The highest BCUT2D eigenvalue weighted by atomic mass is 19.1. The monoisotopic (exact) mass is 239 g/mol. The predicted molar refractivity (Wildman–Crippen MR) is 62.5 cm³/mol. The van der Waals surface area contributed by atoms with E-state index in [-0.39, 0.29) is 23.5 Å². The van der Waals surface area contributed by atoms with Crippen LogP contribution >= 0.6 is 0 Å². The molecule has 0 aliphatic carbocycles. The van der Waals surface area contributed by atoms with Crippen LogP contribution in [0.4, 0.5) is 15.8 Å². The summed E-state index contributed by atoms with van der Waals surface area (Å²) >= 11 is 0. The van der Waals surface area contributed by atoms with Gasteiger partial charge < -0.3 is 10.6 Å². The molecule has 1 aromatic carbocycles. The van der Waals surface area contributed by atoms with Crippen molar-refractivity contribution in [2.75, 3.05) is 11.4 Å². The summed E-state index contributed by atoms with van der Waals surface area (Å²) in [7, 11) is 0. The van der Waals surface area contributed by atoms with Gasteiger partial charge in [0.25, 0.3) is 5.69 Å². The minimum absolute atomic E-state index is 0.0537. The van der Waals surface area contributed by atoms with E-state index in [1.807, 2.05) is 6.92 Å². The maximum absolute atomic E-state index is 13.8. The van der Waals surface area contributed by atoms with Crippen LogP contribution in [0.1, 0.15) is 13.3 Å². The van der Waals surface area contributed by atoms with Gasteiger partial charge in [-0.25, -0.2) is 4.39 Å². The Morgan fingerprint density at radius 1 is 1.59 bits per heavy atom. The molecule has 92 valence electrons. The zero-order valence-electron chi connectivity index (χ0n) is 9.47. The fourth-order valence-corrected chi connectivity index (χ4v) is 2.22. The highest BCUT2D eigenvalue weighted by Gasteiger charge is 2.33. The minimum atomic E-state index is -0.569. The largest absolute Gasteiger partial charge is 0.359 e. The smallest absolute Gasteiger partial charge is 0.295 e.